The smallest absolute Gasteiger partial charge is 0.331 e. The van der Waals surface area contributed by atoms with E-state index < -0.39 is 0 Å². The minimum atomic E-state index is -0.322. The van der Waals surface area contributed by atoms with E-state index in [-0.39, 0.29) is 18.0 Å². The van der Waals surface area contributed by atoms with Crippen molar-refractivity contribution in [2.45, 2.75) is 65.2 Å². The van der Waals surface area contributed by atoms with Crippen molar-refractivity contribution < 1.29 is 28.5 Å². The Morgan fingerprint density at radius 2 is 1.46 bits per heavy atom. The van der Waals surface area contributed by atoms with E-state index in [1.54, 1.807) is 36.5 Å². The van der Waals surface area contributed by atoms with Gasteiger partial charge in [-0.2, -0.15) is 0 Å². The monoisotopic (exact) mass is 632 g/mol. The van der Waals surface area contributed by atoms with Gasteiger partial charge in [-0.15, -0.1) is 0 Å². The fourth-order valence-electron chi connectivity index (χ4n) is 4.20. The van der Waals surface area contributed by atoms with Crippen molar-refractivity contribution in [3.8, 4) is 5.75 Å². The molecule has 8 nitrogen and oxygen atoms in total. The summed E-state index contributed by atoms with van der Waals surface area (Å²) in [5.74, 6) is 0.338. The average molecular weight is 633 g/mol. The Labute approximate surface area is 275 Å². The molecule has 2 aromatic rings. The van der Waals surface area contributed by atoms with Gasteiger partial charge < -0.3 is 29.6 Å². The van der Waals surface area contributed by atoms with E-state index in [4.69, 9.17) is 18.9 Å². The van der Waals surface area contributed by atoms with Crippen LogP contribution in [0.25, 0.3) is 0 Å². The number of allylic oxidation sites excluding steroid dienone is 6. The number of rotatable bonds is 25. The molecule has 0 aromatic heterocycles. The Bertz CT molecular complexity index is 1210. The average Bonchev–Trinajstić information content (AvgIpc) is 3.07. The van der Waals surface area contributed by atoms with E-state index in [2.05, 4.69) is 35.8 Å². The zero-order valence-corrected chi connectivity index (χ0v) is 27.5. The number of amides is 1. The first-order valence-electron chi connectivity index (χ1n) is 16.4. The molecule has 0 heterocycles. The van der Waals surface area contributed by atoms with Crippen LogP contribution in [0.5, 0.6) is 5.75 Å². The van der Waals surface area contributed by atoms with Gasteiger partial charge in [0, 0.05) is 31.8 Å². The summed E-state index contributed by atoms with van der Waals surface area (Å²) in [6, 6.07) is 18.2. The molecule has 0 fully saturated rings. The summed E-state index contributed by atoms with van der Waals surface area (Å²) in [5, 5.41) is 6.15. The third-order valence-corrected chi connectivity index (χ3v) is 6.72. The van der Waals surface area contributed by atoms with Crippen LogP contribution in [0.2, 0.25) is 0 Å². The van der Waals surface area contributed by atoms with Crippen molar-refractivity contribution in [1.29, 1.82) is 0 Å². The van der Waals surface area contributed by atoms with Gasteiger partial charge in [-0.05, 0) is 42.5 Å². The topological polar surface area (TPSA) is 95.1 Å². The van der Waals surface area contributed by atoms with Crippen LogP contribution in [0.3, 0.4) is 0 Å². The van der Waals surface area contributed by atoms with Gasteiger partial charge in [0.25, 0.3) is 0 Å². The molecule has 2 N–H and O–H groups in total. The Morgan fingerprint density at radius 3 is 2.20 bits per heavy atom. The van der Waals surface area contributed by atoms with E-state index >= 15 is 0 Å². The van der Waals surface area contributed by atoms with Gasteiger partial charge in [0.2, 0.25) is 5.91 Å². The van der Waals surface area contributed by atoms with Crippen LogP contribution in [0.15, 0.2) is 103 Å². The summed E-state index contributed by atoms with van der Waals surface area (Å²) in [7, 11) is 0. The van der Waals surface area contributed by atoms with E-state index in [9.17, 15) is 9.59 Å². The third-order valence-electron chi connectivity index (χ3n) is 6.72. The maximum Gasteiger partial charge on any atom is 0.331 e. The maximum atomic E-state index is 11.9. The van der Waals surface area contributed by atoms with Crippen LogP contribution in [0.4, 0.5) is 0 Å². The molecule has 0 aliphatic rings. The second-order valence-corrected chi connectivity index (χ2v) is 10.6. The zero-order chi connectivity index (χ0) is 32.9. The highest BCUT2D eigenvalue weighted by molar-refractivity contribution is 5.87. The van der Waals surface area contributed by atoms with Gasteiger partial charge in [-0.1, -0.05) is 106 Å². The number of hydrogen-bond donors (Lipinski definition) is 2. The molecule has 0 bridgehead atoms. The zero-order valence-electron chi connectivity index (χ0n) is 27.5. The summed E-state index contributed by atoms with van der Waals surface area (Å²) in [6.45, 7) is 8.57. The fraction of sp³-hybridized carbons (Fsp3) is 0.421. The lowest BCUT2D eigenvalue weighted by Gasteiger charge is -2.14. The summed E-state index contributed by atoms with van der Waals surface area (Å²) < 4.78 is 22.5. The Morgan fingerprint density at radius 1 is 0.761 bits per heavy atom. The van der Waals surface area contributed by atoms with Crippen LogP contribution in [-0.4, -0.2) is 57.5 Å². The quantitative estimate of drug-likeness (QED) is 0.0549. The van der Waals surface area contributed by atoms with E-state index in [1.807, 2.05) is 43.3 Å². The van der Waals surface area contributed by atoms with Gasteiger partial charge in [0.15, 0.2) is 0 Å². The third kappa shape index (κ3) is 20.1. The first-order chi connectivity index (χ1) is 22.6. The lowest BCUT2D eigenvalue weighted by atomic mass is 10.1. The fourth-order valence-corrected chi connectivity index (χ4v) is 4.20. The normalized spacial score (nSPS) is 12.4. The summed E-state index contributed by atoms with van der Waals surface area (Å²) in [6.07, 6.45) is 18.3. The molecule has 0 aliphatic carbocycles. The number of carbonyl (C=O) groups excluding carboxylic acids is 2. The van der Waals surface area contributed by atoms with Crippen molar-refractivity contribution >= 4 is 11.9 Å². The van der Waals surface area contributed by atoms with Crippen molar-refractivity contribution in [3.05, 3.63) is 114 Å². The van der Waals surface area contributed by atoms with Crippen molar-refractivity contribution in [2.24, 2.45) is 0 Å². The highest BCUT2D eigenvalue weighted by atomic mass is 16.5. The van der Waals surface area contributed by atoms with Crippen LogP contribution in [0, 0.1) is 0 Å². The SMILES string of the molecule is CCCCCC(CC)OC(=O)/C=C/C=C/C=C/C=C/C(=O)NCCOCCOCCNCc1cccc(OCc2ccccc2)c1. The second kappa shape index (κ2) is 26.3. The summed E-state index contributed by atoms with van der Waals surface area (Å²) in [5.41, 5.74) is 2.29. The molecular formula is C38H52N2O6. The minimum Gasteiger partial charge on any atom is -0.489 e. The Hall–Kier alpha value is -3.98. The summed E-state index contributed by atoms with van der Waals surface area (Å²) in [4.78, 5) is 23.8. The molecular weight excluding hydrogens is 580 g/mol. The number of unbranched alkanes of at least 4 members (excludes halogenated alkanes) is 2. The predicted octanol–water partition coefficient (Wildman–Crippen LogP) is 6.63. The van der Waals surface area contributed by atoms with Gasteiger partial charge in [-0.25, -0.2) is 4.79 Å². The predicted molar refractivity (Wildman–Crippen MR) is 184 cm³/mol. The first kappa shape index (κ1) is 38.2. The Balaban J connectivity index is 1.42. The molecule has 1 amide bonds. The van der Waals surface area contributed by atoms with Crippen LogP contribution in [0.1, 0.15) is 57.1 Å². The Kier molecular flexibility index (Phi) is 21.8. The molecule has 0 saturated heterocycles. The molecule has 0 saturated carbocycles. The van der Waals surface area contributed by atoms with Crippen LogP contribution < -0.4 is 15.4 Å². The number of benzene rings is 2. The largest absolute Gasteiger partial charge is 0.489 e. The first-order valence-corrected chi connectivity index (χ1v) is 16.4. The second-order valence-electron chi connectivity index (χ2n) is 10.6. The van der Waals surface area contributed by atoms with Gasteiger partial charge in [0.1, 0.15) is 18.5 Å². The molecule has 250 valence electrons. The van der Waals surface area contributed by atoms with Gasteiger partial charge in [0.05, 0.1) is 26.4 Å². The van der Waals surface area contributed by atoms with Crippen molar-refractivity contribution in [2.75, 3.05) is 39.5 Å². The minimum absolute atomic E-state index is 0.0180. The highest BCUT2D eigenvalue weighted by Gasteiger charge is 2.09. The lowest BCUT2D eigenvalue weighted by Crippen LogP contribution is -2.26. The van der Waals surface area contributed by atoms with Gasteiger partial charge >= 0.3 is 5.97 Å². The molecule has 1 unspecified atom stereocenters. The maximum absolute atomic E-state index is 11.9. The molecule has 0 aliphatic heterocycles. The van der Waals surface area contributed by atoms with E-state index in [1.165, 1.54) is 12.2 Å². The molecule has 2 aromatic carbocycles. The number of ether oxygens (including phenoxy) is 4. The van der Waals surface area contributed by atoms with Crippen LogP contribution in [-0.2, 0) is 37.0 Å². The summed E-state index contributed by atoms with van der Waals surface area (Å²) >= 11 is 0. The molecule has 8 heteroatoms. The molecule has 1 atom stereocenters. The lowest BCUT2D eigenvalue weighted by molar-refractivity contribution is -0.143. The van der Waals surface area contributed by atoms with Crippen molar-refractivity contribution in [1.82, 2.24) is 10.6 Å². The number of carbonyl (C=O) groups is 2. The molecule has 46 heavy (non-hydrogen) atoms. The molecule has 0 spiro atoms. The van der Waals surface area contributed by atoms with Crippen molar-refractivity contribution in [3.63, 3.8) is 0 Å². The standard InChI is InChI=1S/C38H52N2O6/c1-3-5-11-20-35(4-2)46-38(42)23-15-9-7-6-8-14-22-37(41)40-25-27-44-29-28-43-26-24-39-31-34-19-16-21-36(30-34)45-32-33-17-12-10-13-18-33/h6-10,12-19,21-23,30,35,39H,3-5,11,20,24-29,31-32H2,1-2H3,(H,40,41)/b8-6+,9-7+,22-14+,23-15+. The van der Waals surface area contributed by atoms with E-state index in [0.717, 1.165) is 62.1 Å². The number of esters is 1. The highest BCUT2D eigenvalue weighted by Crippen LogP contribution is 2.15. The number of hydrogen-bond acceptors (Lipinski definition) is 7. The van der Waals surface area contributed by atoms with Gasteiger partial charge in [-0.3, -0.25) is 4.79 Å². The number of nitrogens with one attached hydrogen (secondary N) is 2. The van der Waals surface area contributed by atoms with Crippen LogP contribution >= 0.6 is 0 Å². The van der Waals surface area contributed by atoms with E-state index in [0.29, 0.717) is 39.6 Å². The molecule has 0 radical (unpaired) electrons. The molecule has 2 rings (SSSR count).